The summed E-state index contributed by atoms with van der Waals surface area (Å²) < 4.78 is 4.19. The molecule has 0 spiro atoms. The minimum atomic E-state index is 0.510. The average molecular weight is 289 g/mol. The predicted molar refractivity (Wildman–Crippen MR) is 85.2 cm³/mol. The second-order valence-corrected chi connectivity index (χ2v) is 5.47. The van der Waals surface area contributed by atoms with Crippen LogP contribution in [-0.4, -0.2) is 25.9 Å². The van der Waals surface area contributed by atoms with Gasteiger partial charge in [-0.05, 0) is 31.9 Å². The highest BCUT2D eigenvalue weighted by atomic mass is 15.3. The maximum absolute atomic E-state index is 4.68. The van der Waals surface area contributed by atoms with Crippen molar-refractivity contribution in [2.24, 2.45) is 0 Å². The monoisotopic (exact) mass is 289 g/mol. The van der Waals surface area contributed by atoms with Crippen molar-refractivity contribution in [3.05, 3.63) is 36.2 Å². The van der Waals surface area contributed by atoms with E-state index in [0.717, 1.165) is 50.3 Å². The normalized spacial score (nSPS) is 11.4. The first-order valence-corrected chi connectivity index (χ1v) is 8.02. The molecule has 2 aromatic heterocycles. The molecule has 2 rings (SSSR count). The summed E-state index contributed by atoms with van der Waals surface area (Å²) in [6, 6.07) is 2.61. The van der Waals surface area contributed by atoms with E-state index in [9.17, 15) is 0 Å². The van der Waals surface area contributed by atoms with Gasteiger partial charge < -0.3 is 9.88 Å². The van der Waals surface area contributed by atoms with Crippen LogP contribution < -0.4 is 5.32 Å². The van der Waals surface area contributed by atoms with Crippen LogP contribution in [0.2, 0.25) is 0 Å². The van der Waals surface area contributed by atoms with Crippen molar-refractivity contribution in [2.75, 3.05) is 6.54 Å². The Labute approximate surface area is 127 Å². The molecule has 0 atom stereocenters. The Hall–Kier alpha value is -1.62. The molecular formula is C16H27N5. The average Bonchev–Trinajstić information content (AvgIpc) is 3.11. The SMILES string of the molecule is CCCNCc1cn(Cc2ccn(C(CC)CC)n2)cn1. The fourth-order valence-electron chi connectivity index (χ4n) is 2.49. The maximum atomic E-state index is 4.68. The Balaban J connectivity index is 1.92. The van der Waals surface area contributed by atoms with Crippen molar-refractivity contribution >= 4 is 0 Å². The first kappa shape index (κ1) is 15.8. The number of nitrogens with one attached hydrogen (secondary N) is 1. The molecule has 2 heterocycles. The van der Waals surface area contributed by atoms with Crippen LogP contribution in [0.4, 0.5) is 0 Å². The van der Waals surface area contributed by atoms with Crippen LogP contribution in [0.3, 0.4) is 0 Å². The molecule has 0 fully saturated rings. The van der Waals surface area contributed by atoms with Gasteiger partial charge in [0.2, 0.25) is 0 Å². The Morgan fingerprint density at radius 3 is 2.71 bits per heavy atom. The number of hydrogen-bond acceptors (Lipinski definition) is 3. The molecule has 116 valence electrons. The van der Waals surface area contributed by atoms with E-state index in [1.807, 2.05) is 6.33 Å². The van der Waals surface area contributed by atoms with E-state index < -0.39 is 0 Å². The van der Waals surface area contributed by atoms with Gasteiger partial charge in [0.15, 0.2) is 0 Å². The predicted octanol–water partition coefficient (Wildman–Crippen LogP) is 2.99. The number of imidazole rings is 1. The molecule has 5 heteroatoms. The maximum Gasteiger partial charge on any atom is 0.0953 e. The third kappa shape index (κ3) is 4.43. The molecule has 0 amide bonds. The van der Waals surface area contributed by atoms with Gasteiger partial charge in [0.25, 0.3) is 0 Å². The van der Waals surface area contributed by atoms with Crippen LogP contribution in [-0.2, 0) is 13.1 Å². The molecule has 0 aromatic carbocycles. The Bertz CT molecular complexity index is 524. The van der Waals surface area contributed by atoms with Gasteiger partial charge in [0.05, 0.1) is 30.3 Å². The molecule has 5 nitrogen and oxygen atoms in total. The van der Waals surface area contributed by atoms with E-state index in [2.05, 4.69) is 63.9 Å². The smallest absolute Gasteiger partial charge is 0.0953 e. The Kier molecular flexibility index (Phi) is 5.99. The number of aromatic nitrogens is 4. The summed E-state index contributed by atoms with van der Waals surface area (Å²) in [5.74, 6) is 0. The van der Waals surface area contributed by atoms with Crippen molar-refractivity contribution in [1.82, 2.24) is 24.6 Å². The van der Waals surface area contributed by atoms with Crippen molar-refractivity contribution in [3.63, 3.8) is 0 Å². The van der Waals surface area contributed by atoms with Gasteiger partial charge >= 0.3 is 0 Å². The highest BCUT2D eigenvalue weighted by Gasteiger charge is 2.08. The molecule has 0 radical (unpaired) electrons. The Morgan fingerprint density at radius 1 is 1.19 bits per heavy atom. The third-order valence-electron chi connectivity index (χ3n) is 3.74. The summed E-state index contributed by atoms with van der Waals surface area (Å²) in [6.07, 6.45) is 9.46. The van der Waals surface area contributed by atoms with E-state index in [4.69, 9.17) is 0 Å². The Morgan fingerprint density at radius 2 is 2.00 bits per heavy atom. The fraction of sp³-hybridized carbons (Fsp3) is 0.625. The van der Waals surface area contributed by atoms with Crippen LogP contribution >= 0.6 is 0 Å². The molecule has 1 N–H and O–H groups in total. The van der Waals surface area contributed by atoms with Crippen LogP contribution in [0.25, 0.3) is 0 Å². The van der Waals surface area contributed by atoms with E-state index in [0.29, 0.717) is 6.04 Å². The number of rotatable bonds is 9. The zero-order valence-electron chi connectivity index (χ0n) is 13.4. The molecular weight excluding hydrogens is 262 g/mol. The summed E-state index contributed by atoms with van der Waals surface area (Å²) in [5.41, 5.74) is 2.18. The first-order chi connectivity index (χ1) is 10.3. The lowest BCUT2D eigenvalue weighted by atomic mass is 10.2. The van der Waals surface area contributed by atoms with Gasteiger partial charge in [-0.1, -0.05) is 20.8 Å². The second-order valence-electron chi connectivity index (χ2n) is 5.47. The summed E-state index contributed by atoms with van der Waals surface area (Å²) in [6.45, 7) is 9.24. The van der Waals surface area contributed by atoms with Crippen LogP contribution in [0, 0.1) is 0 Å². The zero-order chi connectivity index (χ0) is 15.1. The van der Waals surface area contributed by atoms with E-state index in [1.165, 1.54) is 0 Å². The highest BCUT2D eigenvalue weighted by Crippen LogP contribution is 2.14. The van der Waals surface area contributed by atoms with Gasteiger partial charge in [0, 0.05) is 18.9 Å². The van der Waals surface area contributed by atoms with Gasteiger partial charge in [-0.25, -0.2) is 4.98 Å². The summed E-state index contributed by atoms with van der Waals surface area (Å²) >= 11 is 0. The minimum absolute atomic E-state index is 0.510. The highest BCUT2D eigenvalue weighted by molar-refractivity contribution is 5.04. The van der Waals surface area contributed by atoms with Gasteiger partial charge in [-0.15, -0.1) is 0 Å². The molecule has 0 aliphatic heterocycles. The lowest BCUT2D eigenvalue weighted by molar-refractivity contribution is 0.424. The van der Waals surface area contributed by atoms with Crippen molar-refractivity contribution < 1.29 is 0 Å². The lowest BCUT2D eigenvalue weighted by Gasteiger charge is -2.12. The summed E-state index contributed by atoms with van der Waals surface area (Å²) in [7, 11) is 0. The van der Waals surface area contributed by atoms with Gasteiger partial charge in [-0.2, -0.15) is 5.10 Å². The van der Waals surface area contributed by atoms with Gasteiger partial charge in [-0.3, -0.25) is 4.68 Å². The molecule has 2 aromatic rings. The molecule has 0 aliphatic carbocycles. The van der Waals surface area contributed by atoms with Crippen LogP contribution in [0.5, 0.6) is 0 Å². The second kappa shape index (κ2) is 7.98. The first-order valence-electron chi connectivity index (χ1n) is 8.02. The summed E-state index contributed by atoms with van der Waals surface area (Å²) in [4.78, 5) is 4.42. The fourth-order valence-corrected chi connectivity index (χ4v) is 2.49. The van der Waals surface area contributed by atoms with Crippen molar-refractivity contribution in [2.45, 2.75) is 59.2 Å². The number of hydrogen-bond donors (Lipinski definition) is 1. The molecule has 21 heavy (non-hydrogen) atoms. The largest absolute Gasteiger partial charge is 0.331 e. The zero-order valence-corrected chi connectivity index (χ0v) is 13.4. The quantitative estimate of drug-likeness (QED) is 0.722. The van der Waals surface area contributed by atoms with Crippen molar-refractivity contribution in [3.8, 4) is 0 Å². The van der Waals surface area contributed by atoms with E-state index in [-0.39, 0.29) is 0 Å². The molecule has 0 saturated carbocycles. The third-order valence-corrected chi connectivity index (χ3v) is 3.74. The van der Waals surface area contributed by atoms with Crippen LogP contribution in [0.15, 0.2) is 24.8 Å². The van der Waals surface area contributed by atoms with E-state index in [1.54, 1.807) is 0 Å². The van der Waals surface area contributed by atoms with E-state index >= 15 is 0 Å². The van der Waals surface area contributed by atoms with Crippen molar-refractivity contribution in [1.29, 1.82) is 0 Å². The van der Waals surface area contributed by atoms with Crippen LogP contribution in [0.1, 0.15) is 57.5 Å². The molecule has 0 saturated heterocycles. The molecule has 0 bridgehead atoms. The number of nitrogens with zero attached hydrogens (tertiary/aromatic N) is 4. The lowest BCUT2D eigenvalue weighted by Crippen LogP contribution is -2.13. The standard InChI is InChI=1S/C16H27N5/c1-4-8-17-10-15-12-20(13-18-15)11-14-7-9-21(19-14)16(5-2)6-3/h7,9,12-13,16-17H,4-6,8,10-11H2,1-3H3. The molecule has 0 unspecified atom stereocenters. The topological polar surface area (TPSA) is 47.7 Å². The summed E-state index contributed by atoms with van der Waals surface area (Å²) in [5, 5.41) is 8.05. The minimum Gasteiger partial charge on any atom is -0.331 e. The molecule has 0 aliphatic rings. The van der Waals surface area contributed by atoms with Gasteiger partial charge in [0.1, 0.15) is 0 Å².